The fourth-order valence-corrected chi connectivity index (χ4v) is 4.03. The lowest BCUT2D eigenvalue weighted by molar-refractivity contribution is -0.116. The molecule has 0 saturated carbocycles. The number of carbonyl (C=O) groups is 1. The largest absolute Gasteiger partial charge is 0.301 e. The number of aryl methyl sites for hydroxylation is 2. The van der Waals surface area contributed by atoms with Crippen LogP contribution in [0.25, 0.3) is 0 Å². The molecule has 0 aliphatic heterocycles. The van der Waals surface area contributed by atoms with Crippen LogP contribution >= 0.6 is 11.3 Å². The molecular formula is C16H19N3O3S2. The molecule has 0 fully saturated rings. The summed E-state index contributed by atoms with van der Waals surface area (Å²) in [6, 6.07) is 6.50. The Bertz CT molecular complexity index is 827. The number of hydrogen-bond donors (Lipinski definition) is 1. The van der Waals surface area contributed by atoms with Crippen LogP contribution in [-0.2, 0) is 14.8 Å². The van der Waals surface area contributed by atoms with Gasteiger partial charge in [-0.2, -0.15) is 4.31 Å². The zero-order valence-corrected chi connectivity index (χ0v) is 15.2. The normalized spacial score (nSPS) is 11.5. The summed E-state index contributed by atoms with van der Waals surface area (Å²) in [6.07, 6.45) is 3.09. The summed E-state index contributed by atoms with van der Waals surface area (Å²) in [5, 5.41) is 3.06. The van der Waals surface area contributed by atoms with E-state index in [9.17, 15) is 13.2 Å². The zero-order valence-electron chi connectivity index (χ0n) is 13.5. The molecule has 6 nitrogen and oxygen atoms in total. The van der Waals surface area contributed by atoms with E-state index in [4.69, 9.17) is 0 Å². The summed E-state index contributed by atoms with van der Waals surface area (Å²) in [5.41, 5.74) is 0.959. The van der Waals surface area contributed by atoms with E-state index in [1.54, 1.807) is 18.3 Å². The van der Waals surface area contributed by atoms with Crippen LogP contribution in [0.15, 0.2) is 48.0 Å². The highest BCUT2D eigenvalue weighted by molar-refractivity contribution is 7.89. The SMILES string of the molecule is C=CCN(CC(=O)Nc1ncc(C)s1)S(=O)(=O)c1ccc(C)cc1. The van der Waals surface area contributed by atoms with Crippen LogP contribution in [0.3, 0.4) is 0 Å². The zero-order chi connectivity index (χ0) is 17.7. The van der Waals surface area contributed by atoms with Crippen molar-refractivity contribution in [3.8, 4) is 0 Å². The molecule has 2 aromatic rings. The number of anilines is 1. The molecule has 1 heterocycles. The first-order valence-electron chi connectivity index (χ1n) is 7.23. The first kappa shape index (κ1) is 18.3. The van der Waals surface area contributed by atoms with Crippen LogP contribution in [0.1, 0.15) is 10.4 Å². The Morgan fingerprint density at radius 3 is 2.54 bits per heavy atom. The van der Waals surface area contributed by atoms with E-state index in [-0.39, 0.29) is 18.0 Å². The second kappa shape index (κ2) is 7.69. The van der Waals surface area contributed by atoms with Crippen molar-refractivity contribution in [2.45, 2.75) is 18.7 Å². The maximum Gasteiger partial charge on any atom is 0.243 e. The first-order valence-corrected chi connectivity index (χ1v) is 9.48. The maximum atomic E-state index is 12.7. The van der Waals surface area contributed by atoms with Crippen molar-refractivity contribution in [1.82, 2.24) is 9.29 Å². The Labute approximate surface area is 145 Å². The van der Waals surface area contributed by atoms with E-state index in [0.29, 0.717) is 5.13 Å². The molecule has 0 spiro atoms. The third kappa shape index (κ3) is 4.50. The summed E-state index contributed by atoms with van der Waals surface area (Å²) in [4.78, 5) is 17.3. The Kier molecular flexibility index (Phi) is 5.87. The van der Waals surface area contributed by atoms with Gasteiger partial charge in [-0.05, 0) is 26.0 Å². The van der Waals surface area contributed by atoms with Crippen LogP contribution in [0, 0.1) is 13.8 Å². The molecule has 0 atom stereocenters. The molecular weight excluding hydrogens is 346 g/mol. The molecule has 0 saturated heterocycles. The van der Waals surface area contributed by atoms with Crippen molar-refractivity contribution >= 4 is 32.4 Å². The Balaban J connectivity index is 2.17. The minimum absolute atomic E-state index is 0.0422. The molecule has 0 radical (unpaired) electrons. The molecule has 128 valence electrons. The average molecular weight is 365 g/mol. The lowest BCUT2D eigenvalue weighted by atomic mass is 10.2. The van der Waals surface area contributed by atoms with Crippen LogP contribution in [0.2, 0.25) is 0 Å². The van der Waals surface area contributed by atoms with Crippen molar-refractivity contribution in [3.63, 3.8) is 0 Å². The monoisotopic (exact) mass is 365 g/mol. The van der Waals surface area contributed by atoms with Crippen molar-refractivity contribution in [1.29, 1.82) is 0 Å². The number of aromatic nitrogens is 1. The molecule has 0 aliphatic rings. The third-order valence-corrected chi connectivity index (χ3v) is 5.83. The Morgan fingerprint density at radius 1 is 1.33 bits per heavy atom. The highest BCUT2D eigenvalue weighted by atomic mass is 32.2. The van der Waals surface area contributed by atoms with Gasteiger partial charge in [0.25, 0.3) is 0 Å². The summed E-state index contributed by atoms with van der Waals surface area (Å²) >= 11 is 1.33. The van der Waals surface area contributed by atoms with E-state index in [1.165, 1.54) is 29.5 Å². The number of rotatable bonds is 7. The first-order chi connectivity index (χ1) is 11.3. The molecule has 1 aromatic carbocycles. The number of nitrogens with zero attached hydrogens (tertiary/aromatic N) is 2. The van der Waals surface area contributed by atoms with Crippen molar-refractivity contribution in [3.05, 3.63) is 53.6 Å². The van der Waals surface area contributed by atoms with Gasteiger partial charge in [0.15, 0.2) is 5.13 Å². The van der Waals surface area contributed by atoms with Crippen LogP contribution in [0.4, 0.5) is 5.13 Å². The molecule has 0 bridgehead atoms. The lowest BCUT2D eigenvalue weighted by Gasteiger charge is -2.20. The fraction of sp³-hybridized carbons (Fsp3) is 0.250. The van der Waals surface area contributed by atoms with Gasteiger partial charge in [0.2, 0.25) is 15.9 Å². The molecule has 0 aliphatic carbocycles. The molecule has 24 heavy (non-hydrogen) atoms. The van der Waals surface area contributed by atoms with Gasteiger partial charge in [-0.1, -0.05) is 23.8 Å². The molecule has 1 aromatic heterocycles. The van der Waals surface area contributed by atoms with Crippen LogP contribution < -0.4 is 5.32 Å². The van der Waals surface area contributed by atoms with Gasteiger partial charge < -0.3 is 5.32 Å². The standard InChI is InChI=1S/C16H19N3O3S2/c1-4-9-19(11-15(20)18-16-17-10-13(3)23-16)24(21,22)14-7-5-12(2)6-8-14/h4-8,10H,1,9,11H2,2-3H3,(H,17,18,20). The second-order valence-electron chi connectivity index (χ2n) is 5.22. The molecule has 8 heteroatoms. The fourth-order valence-electron chi connectivity index (χ4n) is 1.98. The second-order valence-corrected chi connectivity index (χ2v) is 8.40. The van der Waals surface area contributed by atoms with E-state index in [2.05, 4.69) is 16.9 Å². The van der Waals surface area contributed by atoms with Crippen molar-refractivity contribution < 1.29 is 13.2 Å². The lowest BCUT2D eigenvalue weighted by Crippen LogP contribution is -2.38. The number of carbonyl (C=O) groups excluding carboxylic acids is 1. The highest BCUT2D eigenvalue weighted by Gasteiger charge is 2.25. The molecule has 1 amide bonds. The van der Waals surface area contributed by atoms with Gasteiger partial charge in [-0.25, -0.2) is 13.4 Å². The third-order valence-electron chi connectivity index (χ3n) is 3.18. The van der Waals surface area contributed by atoms with Gasteiger partial charge in [-0.3, -0.25) is 4.79 Å². The summed E-state index contributed by atoms with van der Waals surface area (Å²) in [6.45, 7) is 7.06. The van der Waals surface area contributed by atoms with E-state index in [1.807, 2.05) is 13.8 Å². The van der Waals surface area contributed by atoms with Gasteiger partial charge in [0.1, 0.15) is 0 Å². The van der Waals surface area contributed by atoms with Gasteiger partial charge >= 0.3 is 0 Å². The Morgan fingerprint density at radius 2 is 2.00 bits per heavy atom. The van der Waals surface area contributed by atoms with E-state index >= 15 is 0 Å². The summed E-state index contributed by atoms with van der Waals surface area (Å²) in [5.74, 6) is -0.443. The van der Waals surface area contributed by atoms with Crippen LogP contribution in [-0.4, -0.2) is 36.7 Å². The Hall–Kier alpha value is -2.03. The predicted molar refractivity (Wildman–Crippen MR) is 95.6 cm³/mol. The highest BCUT2D eigenvalue weighted by Crippen LogP contribution is 2.18. The number of nitrogens with one attached hydrogen (secondary N) is 1. The minimum atomic E-state index is -3.78. The quantitative estimate of drug-likeness (QED) is 0.765. The van der Waals surface area contributed by atoms with Crippen molar-refractivity contribution in [2.75, 3.05) is 18.4 Å². The van der Waals surface area contributed by atoms with Crippen molar-refractivity contribution in [2.24, 2.45) is 0 Å². The molecule has 2 rings (SSSR count). The number of sulfonamides is 1. The average Bonchev–Trinajstić information content (AvgIpc) is 2.92. The van der Waals surface area contributed by atoms with Gasteiger partial charge in [0.05, 0.1) is 11.4 Å². The topological polar surface area (TPSA) is 79.4 Å². The number of thiazole rings is 1. The smallest absolute Gasteiger partial charge is 0.243 e. The van der Waals surface area contributed by atoms with E-state index < -0.39 is 15.9 Å². The number of benzene rings is 1. The summed E-state index contributed by atoms with van der Waals surface area (Å²) in [7, 11) is -3.78. The number of amides is 1. The minimum Gasteiger partial charge on any atom is -0.301 e. The number of hydrogen-bond acceptors (Lipinski definition) is 5. The maximum absolute atomic E-state index is 12.7. The van der Waals surface area contributed by atoms with Gasteiger partial charge in [-0.15, -0.1) is 17.9 Å². The van der Waals surface area contributed by atoms with Gasteiger partial charge in [0, 0.05) is 17.6 Å². The predicted octanol–water partition coefficient (Wildman–Crippen LogP) is 2.58. The molecule has 0 unspecified atom stereocenters. The van der Waals surface area contributed by atoms with Crippen LogP contribution in [0.5, 0.6) is 0 Å². The van der Waals surface area contributed by atoms with E-state index in [0.717, 1.165) is 14.7 Å². The summed E-state index contributed by atoms with van der Waals surface area (Å²) < 4.78 is 26.5. The molecule has 1 N–H and O–H groups in total.